The lowest BCUT2D eigenvalue weighted by Crippen LogP contribution is -2.49. The van der Waals surface area contributed by atoms with Crippen LogP contribution < -0.4 is 15.4 Å². The predicted molar refractivity (Wildman–Crippen MR) is 93.2 cm³/mol. The topological polar surface area (TPSA) is 85.9 Å². The summed E-state index contributed by atoms with van der Waals surface area (Å²) in [6.45, 7) is 2.55. The van der Waals surface area contributed by atoms with E-state index in [0.717, 1.165) is 11.3 Å². The molecule has 7 nitrogen and oxygen atoms in total. The summed E-state index contributed by atoms with van der Waals surface area (Å²) in [5.74, 6) is 0.288. The van der Waals surface area contributed by atoms with Crippen LogP contribution in [-0.4, -0.2) is 55.9 Å². The van der Waals surface area contributed by atoms with E-state index in [1.807, 2.05) is 12.1 Å². The standard InChI is InChI=1S/C18H21ClN2O5/c1-9(22)20-13-7-25-17-14(8-26-16(13)17)21-18(23)11-4-10-5-12(19)2-3-15(10)24-6-11/h2-3,5,11,13-14,16-17H,4,6-8H2,1H3,(H,20,22)(H,21,23)/t11?,13-,14-,16+,17+/m0/s1. The first-order chi connectivity index (χ1) is 12.5. The highest BCUT2D eigenvalue weighted by atomic mass is 35.5. The highest BCUT2D eigenvalue weighted by Crippen LogP contribution is 2.31. The Hall–Kier alpha value is -1.83. The van der Waals surface area contributed by atoms with Gasteiger partial charge in [0.2, 0.25) is 11.8 Å². The average Bonchev–Trinajstić information content (AvgIpc) is 3.17. The number of amides is 2. The molecule has 0 aliphatic carbocycles. The van der Waals surface area contributed by atoms with Crippen molar-refractivity contribution < 1.29 is 23.8 Å². The minimum atomic E-state index is -0.285. The maximum Gasteiger partial charge on any atom is 0.227 e. The Labute approximate surface area is 156 Å². The Bertz CT molecular complexity index is 728. The van der Waals surface area contributed by atoms with Crippen molar-refractivity contribution in [3.8, 4) is 5.75 Å². The van der Waals surface area contributed by atoms with Gasteiger partial charge in [0.25, 0.3) is 0 Å². The van der Waals surface area contributed by atoms with Gasteiger partial charge >= 0.3 is 0 Å². The van der Waals surface area contributed by atoms with E-state index in [0.29, 0.717) is 31.3 Å². The van der Waals surface area contributed by atoms with Crippen LogP contribution in [0.1, 0.15) is 12.5 Å². The van der Waals surface area contributed by atoms with Gasteiger partial charge in [-0.2, -0.15) is 0 Å². The molecule has 4 rings (SSSR count). The minimum absolute atomic E-state index is 0.0866. The van der Waals surface area contributed by atoms with E-state index in [1.165, 1.54) is 6.92 Å². The molecular formula is C18H21ClN2O5. The summed E-state index contributed by atoms with van der Waals surface area (Å²) in [5.41, 5.74) is 0.937. The highest BCUT2D eigenvalue weighted by Gasteiger charge is 2.48. The van der Waals surface area contributed by atoms with Gasteiger partial charge in [0.15, 0.2) is 0 Å². The quantitative estimate of drug-likeness (QED) is 0.805. The largest absolute Gasteiger partial charge is 0.492 e. The molecule has 2 amide bonds. The first kappa shape index (κ1) is 17.6. The molecule has 1 aromatic rings. The molecule has 2 N–H and O–H groups in total. The van der Waals surface area contributed by atoms with Crippen LogP contribution in [0.15, 0.2) is 18.2 Å². The minimum Gasteiger partial charge on any atom is -0.492 e. The SMILES string of the molecule is CC(=O)N[C@H]1CO[C@H]2[C@@H]1OC[C@@H]2NC(=O)C1COc2ccc(Cl)cc2C1. The van der Waals surface area contributed by atoms with E-state index in [9.17, 15) is 9.59 Å². The molecule has 3 heterocycles. The lowest BCUT2D eigenvalue weighted by atomic mass is 9.95. The number of carbonyl (C=O) groups excluding carboxylic acids is 2. The van der Waals surface area contributed by atoms with Crippen LogP contribution in [-0.2, 0) is 25.5 Å². The third kappa shape index (κ3) is 3.39. The lowest BCUT2D eigenvalue weighted by Gasteiger charge is -2.26. The molecule has 140 valence electrons. The Kier molecular flexibility index (Phi) is 4.77. The average molecular weight is 381 g/mol. The zero-order valence-corrected chi connectivity index (χ0v) is 15.1. The molecule has 8 heteroatoms. The normalized spacial score (nSPS) is 32.3. The number of ether oxygens (including phenoxy) is 3. The summed E-state index contributed by atoms with van der Waals surface area (Å²) in [6, 6.07) is 5.04. The van der Waals surface area contributed by atoms with Gasteiger partial charge in [0.05, 0.1) is 31.2 Å². The molecule has 1 aromatic carbocycles. The fourth-order valence-corrected chi connectivity index (χ4v) is 4.03. The van der Waals surface area contributed by atoms with Gasteiger partial charge in [-0.05, 0) is 30.2 Å². The number of benzene rings is 1. The smallest absolute Gasteiger partial charge is 0.227 e. The van der Waals surface area contributed by atoms with E-state index in [2.05, 4.69) is 10.6 Å². The van der Waals surface area contributed by atoms with Crippen LogP contribution in [0.25, 0.3) is 0 Å². The van der Waals surface area contributed by atoms with Gasteiger partial charge in [-0.1, -0.05) is 11.6 Å². The van der Waals surface area contributed by atoms with E-state index in [-0.39, 0.29) is 42.0 Å². The monoisotopic (exact) mass is 380 g/mol. The van der Waals surface area contributed by atoms with Crippen molar-refractivity contribution >= 4 is 23.4 Å². The second kappa shape index (κ2) is 7.06. The third-order valence-corrected chi connectivity index (χ3v) is 5.30. The molecule has 3 aliphatic rings. The van der Waals surface area contributed by atoms with Gasteiger partial charge < -0.3 is 24.8 Å². The zero-order valence-electron chi connectivity index (χ0n) is 14.4. The maximum absolute atomic E-state index is 12.7. The first-order valence-corrected chi connectivity index (χ1v) is 9.11. The number of rotatable bonds is 3. The molecule has 0 aromatic heterocycles. The Morgan fingerprint density at radius 3 is 2.46 bits per heavy atom. The van der Waals surface area contributed by atoms with Gasteiger partial charge in [0, 0.05) is 11.9 Å². The van der Waals surface area contributed by atoms with Crippen LogP contribution in [0, 0.1) is 5.92 Å². The molecule has 0 spiro atoms. The molecule has 0 saturated carbocycles. The number of carbonyl (C=O) groups is 2. The van der Waals surface area contributed by atoms with E-state index in [1.54, 1.807) is 6.07 Å². The predicted octanol–water partition coefficient (Wildman–Crippen LogP) is 0.678. The van der Waals surface area contributed by atoms with Crippen molar-refractivity contribution in [3.63, 3.8) is 0 Å². The first-order valence-electron chi connectivity index (χ1n) is 8.73. The molecule has 1 unspecified atom stereocenters. The van der Waals surface area contributed by atoms with E-state index >= 15 is 0 Å². The number of halogens is 1. The summed E-state index contributed by atoms with van der Waals surface area (Å²) in [4.78, 5) is 24.0. The third-order valence-electron chi connectivity index (χ3n) is 5.07. The van der Waals surface area contributed by atoms with Gasteiger partial charge in [0.1, 0.15) is 24.6 Å². The molecule has 2 fully saturated rings. The fourth-order valence-electron chi connectivity index (χ4n) is 3.84. The van der Waals surface area contributed by atoms with Gasteiger partial charge in [-0.25, -0.2) is 0 Å². The molecular weight excluding hydrogens is 360 g/mol. The molecule has 3 aliphatic heterocycles. The number of hydrogen-bond donors (Lipinski definition) is 2. The maximum atomic E-state index is 12.7. The Balaban J connectivity index is 1.37. The van der Waals surface area contributed by atoms with Crippen LogP contribution in [0.3, 0.4) is 0 Å². The summed E-state index contributed by atoms with van der Waals surface area (Å²) in [7, 11) is 0. The van der Waals surface area contributed by atoms with Gasteiger partial charge in [-0.15, -0.1) is 0 Å². The number of fused-ring (bicyclic) bond motifs is 2. The summed E-state index contributed by atoms with van der Waals surface area (Å²) < 4.78 is 17.2. The molecule has 0 radical (unpaired) electrons. The van der Waals surface area contributed by atoms with Crippen molar-refractivity contribution in [2.24, 2.45) is 5.92 Å². The molecule has 2 saturated heterocycles. The lowest BCUT2D eigenvalue weighted by molar-refractivity contribution is -0.127. The van der Waals surface area contributed by atoms with Crippen molar-refractivity contribution in [3.05, 3.63) is 28.8 Å². The highest BCUT2D eigenvalue weighted by molar-refractivity contribution is 6.30. The molecule has 0 bridgehead atoms. The van der Waals surface area contributed by atoms with Crippen LogP contribution in [0.5, 0.6) is 5.75 Å². The zero-order chi connectivity index (χ0) is 18.3. The second-order valence-electron chi connectivity index (χ2n) is 6.98. The fraction of sp³-hybridized carbons (Fsp3) is 0.556. The van der Waals surface area contributed by atoms with E-state index < -0.39 is 0 Å². The van der Waals surface area contributed by atoms with Crippen LogP contribution in [0.4, 0.5) is 0 Å². The van der Waals surface area contributed by atoms with Gasteiger partial charge in [-0.3, -0.25) is 9.59 Å². The summed E-state index contributed by atoms with van der Waals surface area (Å²) in [6.07, 6.45) is 0.104. The van der Waals surface area contributed by atoms with Crippen molar-refractivity contribution in [1.29, 1.82) is 0 Å². The Morgan fingerprint density at radius 2 is 1.77 bits per heavy atom. The Morgan fingerprint density at radius 1 is 1.08 bits per heavy atom. The van der Waals surface area contributed by atoms with Crippen molar-refractivity contribution in [1.82, 2.24) is 10.6 Å². The number of hydrogen-bond acceptors (Lipinski definition) is 5. The van der Waals surface area contributed by atoms with Crippen molar-refractivity contribution in [2.45, 2.75) is 37.6 Å². The van der Waals surface area contributed by atoms with Crippen LogP contribution in [0.2, 0.25) is 5.02 Å². The second-order valence-corrected chi connectivity index (χ2v) is 7.42. The van der Waals surface area contributed by atoms with E-state index in [4.69, 9.17) is 25.8 Å². The summed E-state index contributed by atoms with van der Waals surface area (Å²) in [5, 5.41) is 6.49. The van der Waals surface area contributed by atoms with Crippen molar-refractivity contribution in [2.75, 3.05) is 19.8 Å². The molecule has 5 atom stereocenters. The number of nitrogens with one attached hydrogen (secondary N) is 2. The summed E-state index contributed by atoms with van der Waals surface area (Å²) >= 11 is 6.03. The molecule has 26 heavy (non-hydrogen) atoms. The van der Waals surface area contributed by atoms with Crippen LogP contribution >= 0.6 is 11.6 Å².